The lowest BCUT2D eigenvalue weighted by molar-refractivity contribution is -0.384. The molecule has 23 heavy (non-hydrogen) atoms. The molecule has 0 unspecified atom stereocenters. The van der Waals surface area contributed by atoms with Crippen molar-refractivity contribution in [2.45, 2.75) is 0 Å². The van der Waals surface area contributed by atoms with E-state index in [0.29, 0.717) is 43.4 Å². The average molecular weight is 310 g/mol. The second kappa shape index (κ2) is 6.27. The fourth-order valence-corrected chi connectivity index (χ4v) is 2.60. The number of nitro groups is 1. The summed E-state index contributed by atoms with van der Waals surface area (Å²) in [7, 11) is 0. The van der Waals surface area contributed by atoms with Crippen LogP contribution in [-0.2, 0) is 0 Å². The van der Waals surface area contributed by atoms with Gasteiger partial charge in [-0.3, -0.25) is 10.1 Å². The number of benzene rings is 1. The zero-order valence-electron chi connectivity index (χ0n) is 12.3. The molecule has 1 fully saturated rings. The van der Waals surface area contributed by atoms with Crippen LogP contribution in [0.2, 0.25) is 0 Å². The SMILES string of the molecule is N#Cc1ccc([N+](=O)[O-])c(N2CCN(c3ncccn3)CC2)c1. The fraction of sp³-hybridized carbons (Fsp3) is 0.267. The predicted octanol–water partition coefficient (Wildman–Crippen LogP) is 1.58. The number of nitriles is 1. The molecule has 3 rings (SSSR count). The van der Waals surface area contributed by atoms with E-state index >= 15 is 0 Å². The number of rotatable bonds is 3. The van der Waals surface area contributed by atoms with Gasteiger partial charge in [0.2, 0.25) is 5.95 Å². The lowest BCUT2D eigenvalue weighted by Crippen LogP contribution is -2.47. The number of piperazine rings is 1. The summed E-state index contributed by atoms with van der Waals surface area (Å²) in [4.78, 5) is 23.2. The van der Waals surface area contributed by atoms with Gasteiger partial charge in [-0.2, -0.15) is 5.26 Å². The minimum absolute atomic E-state index is 0.0217. The Balaban J connectivity index is 1.80. The largest absolute Gasteiger partial charge is 0.362 e. The summed E-state index contributed by atoms with van der Waals surface area (Å²) in [6, 6.07) is 8.22. The second-order valence-electron chi connectivity index (χ2n) is 5.10. The van der Waals surface area contributed by atoms with Crippen LogP contribution in [0.25, 0.3) is 0 Å². The van der Waals surface area contributed by atoms with Crippen molar-refractivity contribution in [1.29, 1.82) is 5.26 Å². The van der Waals surface area contributed by atoms with Crippen molar-refractivity contribution in [2.24, 2.45) is 0 Å². The molecule has 1 aliphatic heterocycles. The Kier molecular flexibility index (Phi) is 4.01. The number of anilines is 2. The number of hydrogen-bond donors (Lipinski definition) is 0. The molecule has 1 saturated heterocycles. The quantitative estimate of drug-likeness (QED) is 0.627. The predicted molar refractivity (Wildman–Crippen MR) is 84.3 cm³/mol. The maximum atomic E-state index is 11.2. The summed E-state index contributed by atoms with van der Waals surface area (Å²) in [6.45, 7) is 2.54. The van der Waals surface area contributed by atoms with Crippen molar-refractivity contribution < 1.29 is 4.92 Å². The third-order valence-corrected chi connectivity index (χ3v) is 3.76. The van der Waals surface area contributed by atoms with Crippen molar-refractivity contribution in [3.8, 4) is 6.07 Å². The Morgan fingerprint density at radius 1 is 1.13 bits per heavy atom. The van der Waals surface area contributed by atoms with E-state index in [2.05, 4.69) is 9.97 Å². The van der Waals surface area contributed by atoms with Crippen LogP contribution in [0.4, 0.5) is 17.3 Å². The van der Waals surface area contributed by atoms with Gasteiger partial charge in [-0.25, -0.2) is 9.97 Å². The molecule has 1 aromatic heterocycles. The highest BCUT2D eigenvalue weighted by molar-refractivity contribution is 5.66. The highest BCUT2D eigenvalue weighted by Crippen LogP contribution is 2.30. The molecule has 0 saturated carbocycles. The van der Waals surface area contributed by atoms with Gasteiger partial charge in [0.1, 0.15) is 5.69 Å². The molecule has 8 heteroatoms. The van der Waals surface area contributed by atoms with E-state index in [0.717, 1.165) is 0 Å². The van der Waals surface area contributed by atoms with E-state index in [1.807, 2.05) is 15.9 Å². The van der Waals surface area contributed by atoms with Crippen molar-refractivity contribution >= 4 is 17.3 Å². The van der Waals surface area contributed by atoms with Crippen LogP contribution in [0.15, 0.2) is 36.7 Å². The van der Waals surface area contributed by atoms with Crippen LogP contribution < -0.4 is 9.80 Å². The fourth-order valence-electron chi connectivity index (χ4n) is 2.60. The van der Waals surface area contributed by atoms with E-state index in [9.17, 15) is 10.1 Å². The molecule has 0 N–H and O–H groups in total. The summed E-state index contributed by atoms with van der Waals surface area (Å²) in [5.74, 6) is 0.660. The number of nitrogens with zero attached hydrogens (tertiary/aromatic N) is 6. The van der Waals surface area contributed by atoms with Crippen molar-refractivity contribution in [1.82, 2.24) is 9.97 Å². The number of hydrogen-bond acceptors (Lipinski definition) is 7. The molecule has 2 aromatic rings. The Morgan fingerprint density at radius 2 is 1.78 bits per heavy atom. The molecular weight excluding hydrogens is 296 g/mol. The van der Waals surface area contributed by atoms with Gasteiger partial charge in [0.25, 0.3) is 5.69 Å². The van der Waals surface area contributed by atoms with Gasteiger partial charge in [-0.05, 0) is 18.2 Å². The summed E-state index contributed by atoms with van der Waals surface area (Å²) in [5.41, 5.74) is 0.926. The summed E-state index contributed by atoms with van der Waals surface area (Å²) < 4.78 is 0. The zero-order chi connectivity index (χ0) is 16.2. The summed E-state index contributed by atoms with van der Waals surface area (Å²) in [6.07, 6.45) is 3.38. The number of aromatic nitrogens is 2. The van der Waals surface area contributed by atoms with Gasteiger partial charge in [-0.15, -0.1) is 0 Å². The van der Waals surface area contributed by atoms with Gasteiger partial charge >= 0.3 is 0 Å². The molecule has 0 radical (unpaired) electrons. The van der Waals surface area contributed by atoms with Crippen LogP contribution in [0.3, 0.4) is 0 Å². The van der Waals surface area contributed by atoms with E-state index < -0.39 is 4.92 Å². The van der Waals surface area contributed by atoms with E-state index in [4.69, 9.17) is 5.26 Å². The Labute approximate surface area is 132 Å². The number of nitro benzene ring substituents is 1. The van der Waals surface area contributed by atoms with Crippen LogP contribution in [0, 0.1) is 21.4 Å². The average Bonchev–Trinajstić information content (AvgIpc) is 2.62. The monoisotopic (exact) mass is 310 g/mol. The molecule has 0 bridgehead atoms. The normalized spacial score (nSPS) is 14.4. The maximum absolute atomic E-state index is 11.2. The lowest BCUT2D eigenvalue weighted by atomic mass is 10.1. The molecule has 2 heterocycles. The summed E-state index contributed by atoms with van der Waals surface area (Å²) in [5, 5.41) is 20.2. The minimum atomic E-state index is -0.414. The first-order valence-corrected chi connectivity index (χ1v) is 7.14. The van der Waals surface area contributed by atoms with Crippen molar-refractivity contribution in [3.05, 3.63) is 52.3 Å². The van der Waals surface area contributed by atoms with Gasteiger partial charge in [0, 0.05) is 44.6 Å². The topological polar surface area (TPSA) is 99.2 Å². The van der Waals surface area contributed by atoms with Gasteiger partial charge < -0.3 is 9.80 Å². The smallest absolute Gasteiger partial charge is 0.292 e. The molecule has 0 atom stereocenters. The molecule has 8 nitrogen and oxygen atoms in total. The zero-order valence-corrected chi connectivity index (χ0v) is 12.3. The van der Waals surface area contributed by atoms with Gasteiger partial charge in [-0.1, -0.05) is 0 Å². The standard InChI is InChI=1S/C15H14N6O2/c16-11-12-2-3-13(21(22)23)14(10-12)19-6-8-20(9-7-19)15-17-4-1-5-18-15/h1-5,10H,6-9H2. The van der Waals surface area contributed by atoms with Crippen LogP contribution in [0.5, 0.6) is 0 Å². The molecule has 0 amide bonds. The maximum Gasteiger partial charge on any atom is 0.292 e. The molecule has 1 aliphatic rings. The Morgan fingerprint density at radius 3 is 2.39 bits per heavy atom. The van der Waals surface area contributed by atoms with Gasteiger partial charge in [0.15, 0.2) is 0 Å². The second-order valence-corrected chi connectivity index (χ2v) is 5.10. The van der Waals surface area contributed by atoms with Crippen molar-refractivity contribution in [3.63, 3.8) is 0 Å². The summed E-state index contributed by atoms with van der Waals surface area (Å²) >= 11 is 0. The molecule has 0 aliphatic carbocycles. The van der Waals surface area contributed by atoms with E-state index in [1.165, 1.54) is 12.1 Å². The van der Waals surface area contributed by atoms with Gasteiger partial charge in [0.05, 0.1) is 16.6 Å². The van der Waals surface area contributed by atoms with E-state index in [1.54, 1.807) is 24.5 Å². The highest BCUT2D eigenvalue weighted by atomic mass is 16.6. The lowest BCUT2D eigenvalue weighted by Gasteiger charge is -2.35. The van der Waals surface area contributed by atoms with Crippen LogP contribution in [0.1, 0.15) is 5.56 Å². The molecule has 0 spiro atoms. The molecular formula is C15H14N6O2. The highest BCUT2D eigenvalue weighted by Gasteiger charge is 2.25. The van der Waals surface area contributed by atoms with Crippen LogP contribution >= 0.6 is 0 Å². The van der Waals surface area contributed by atoms with E-state index in [-0.39, 0.29) is 5.69 Å². The van der Waals surface area contributed by atoms with Crippen LogP contribution in [-0.4, -0.2) is 41.1 Å². The first kappa shape index (κ1) is 14.7. The first-order valence-electron chi connectivity index (χ1n) is 7.14. The minimum Gasteiger partial charge on any atom is -0.362 e. The third-order valence-electron chi connectivity index (χ3n) is 3.76. The third kappa shape index (κ3) is 3.03. The van der Waals surface area contributed by atoms with Crippen molar-refractivity contribution in [2.75, 3.05) is 36.0 Å². The Bertz CT molecular complexity index is 750. The molecule has 1 aromatic carbocycles. The molecule has 116 valence electrons. The Hall–Kier alpha value is -3.21. The first-order chi connectivity index (χ1) is 11.2.